The van der Waals surface area contributed by atoms with Gasteiger partial charge in [-0.25, -0.2) is 0 Å². The monoisotopic (exact) mass is 496 g/mol. The van der Waals surface area contributed by atoms with Crippen LogP contribution in [-0.2, 0) is 11.3 Å². The number of aryl methyl sites for hydroxylation is 1. The summed E-state index contributed by atoms with van der Waals surface area (Å²) in [5.74, 6) is 0.0375. The molecule has 0 saturated carbocycles. The molecule has 0 saturated heterocycles. The molecule has 184 valence electrons. The van der Waals surface area contributed by atoms with Crippen LogP contribution in [0.25, 0.3) is 0 Å². The minimum Gasteiger partial charge on any atom is -0.342 e. The first kappa shape index (κ1) is 25.9. The van der Waals surface area contributed by atoms with Crippen molar-refractivity contribution in [2.45, 2.75) is 45.4 Å². The molecule has 2 amide bonds. The molecule has 1 heterocycles. The SMILES string of the molecule is CCn1c(SCC(=O)Nc2ccccc2[N+](=O)[O-])nnc1[C@H](NC(=O)c1cccc(C)c1)C(C)C. The van der Waals surface area contributed by atoms with Crippen molar-refractivity contribution in [1.82, 2.24) is 20.1 Å². The molecule has 3 aromatic rings. The maximum Gasteiger partial charge on any atom is 0.292 e. The lowest BCUT2D eigenvalue weighted by molar-refractivity contribution is -0.383. The lowest BCUT2D eigenvalue weighted by atomic mass is 10.0. The summed E-state index contributed by atoms with van der Waals surface area (Å²) in [7, 11) is 0. The molecule has 11 heteroatoms. The number of benzene rings is 2. The highest BCUT2D eigenvalue weighted by molar-refractivity contribution is 7.99. The standard InChI is InChI=1S/C24H28N6O4S/c1-5-29-22(21(15(2)3)26-23(32)17-10-8-9-16(4)13-17)27-28-24(29)35-14-20(31)25-18-11-6-7-12-19(18)30(33)34/h6-13,15,21H,5,14H2,1-4H3,(H,25,31)(H,26,32)/t21-/m1/s1. The van der Waals surface area contributed by atoms with E-state index in [2.05, 4.69) is 20.8 Å². The number of aromatic nitrogens is 3. The predicted molar refractivity (Wildman–Crippen MR) is 134 cm³/mol. The Bertz CT molecular complexity index is 1230. The molecule has 0 aliphatic rings. The number of thioether (sulfide) groups is 1. The van der Waals surface area contributed by atoms with Crippen molar-refractivity contribution >= 4 is 35.0 Å². The molecule has 0 unspecified atom stereocenters. The maximum absolute atomic E-state index is 12.9. The van der Waals surface area contributed by atoms with Crippen LogP contribution in [0.5, 0.6) is 0 Å². The second kappa shape index (κ2) is 11.6. The third-order valence-electron chi connectivity index (χ3n) is 5.28. The van der Waals surface area contributed by atoms with E-state index in [-0.39, 0.29) is 35.0 Å². The van der Waals surface area contributed by atoms with Gasteiger partial charge in [-0.2, -0.15) is 0 Å². The summed E-state index contributed by atoms with van der Waals surface area (Å²) in [6, 6.07) is 13.0. The van der Waals surface area contributed by atoms with Gasteiger partial charge in [0.25, 0.3) is 11.6 Å². The van der Waals surface area contributed by atoms with Gasteiger partial charge in [-0.15, -0.1) is 10.2 Å². The normalized spacial score (nSPS) is 11.8. The number of amides is 2. The van der Waals surface area contributed by atoms with E-state index in [9.17, 15) is 19.7 Å². The van der Waals surface area contributed by atoms with Crippen LogP contribution in [0.1, 0.15) is 48.6 Å². The molecule has 3 rings (SSSR count). The van der Waals surface area contributed by atoms with Crippen LogP contribution in [0.15, 0.2) is 53.7 Å². The summed E-state index contributed by atoms with van der Waals surface area (Å²) in [4.78, 5) is 36.0. The van der Waals surface area contributed by atoms with E-state index in [0.717, 1.165) is 5.56 Å². The van der Waals surface area contributed by atoms with E-state index in [1.54, 1.807) is 12.1 Å². The van der Waals surface area contributed by atoms with Gasteiger partial charge in [-0.1, -0.05) is 55.4 Å². The van der Waals surface area contributed by atoms with Crippen LogP contribution < -0.4 is 10.6 Å². The van der Waals surface area contributed by atoms with E-state index in [4.69, 9.17) is 0 Å². The number of para-hydroxylation sites is 2. The Morgan fingerprint density at radius 1 is 1.14 bits per heavy atom. The lowest BCUT2D eigenvalue weighted by Crippen LogP contribution is -2.33. The summed E-state index contributed by atoms with van der Waals surface area (Å²) < 4.78 is 1.87. The van der Waals surface area contributed by atoms with Crippen molar-refractivity contribution in [3.63, 3.8) is 0 Å². The first-order valence-electron chi connectivity index (χ1n) is 11.2. The highest BCUT2D eigenvalue weighted by Gasteiger charge is 2.26. The molecule has 0 aliphatic carbocycles. The summed E-state index contributed by atoms with van der Waals surface area (Å²) in [5, 5.41) is 25.9. The topological polar surface area (TPSA) is 132 Å². The molecule has 0 bridgehead atoms. The molecule has 0 spiro atoms. The Kier molecular flexibility index (Phi) is 8.58. The second-order valence-electron chi connectivity index (χ2n) is 8.26. The minimum absolute atomic E-state index is 0.00776. The van der Waals surface area contributed by atoms with Crippen molar-refractivity contribution in [1.29, 1.82) is 0 Å². The highest BCUT2D eigenvalue weighted by Crippen LogP contribution is 2.27. The first-order chi connectivity index (χ1) is 16.7. The van der Waals surface area contributed by atoms with Crippen LogP contribution >= 0.6 is 11.8 Å². The third kappa shape index (κ3) is 6.44. The fourth-order valence-electron chi connectivity index (χ4n) is 3.53. The Balaban J connectivity index is 1.73. The lowest BCUT2D eigenvalue weighted by Gasteiger charge is -2.22. The molecule has 10 nitrogen and oxygen atoms in total. The van der Waals surface area contributed by atoms with E-state index >= 15 is 0 Å². The quantitative estimate of drug-likeness (QED) is 0.242. The first-order valence-corrected chi connectivity index (χ1v) is 12.2. The number of nitrogens with zero attached hydrogens (tertiary/aromatic N) is 4. The highest BCUT2D eigenvalue weighted by atomic mass is 32.2. The Morgan fingerprint density at radius 3 is 2.54 bits per heavy atom. The van der Waals surface area contributed by atoms with Crippen LogP contribution in [0, 0.1) is 23.0 Å². The van der Waals surface area contributed by atoms with Crippen molar-refractivity contribution in [3.8, 4) is 0 Å². The molecule has 2 aromatic carbocycles. The molecule has 0 fully saturated rings. The van der Waals surface area contributed by atoms with Crippen LogP contribution in [0.3, 0.4) is 0 Å². The average molecular weight is 497 g/mol. The summed E-state index contributed by atoms with van der Waals surface area (Å²) >= 11 is 1.18. The molecule has 2 N–H and O–H groups in total. The number of nitro groups is 1. The number of nitrogens with one attached hydrogen (secondary N) is 2. The number of hydrogen-bond donors (Lipinski definition) is 2. The number of carbonyl (C=O) groups is 2. The van der Waals surface area contributed by atoms with Crippen LogP contribution in [0.4, 0.5) is 11.4 Å². The van der Waals surface area contributed by atoms with Gasteiger partial charge in [-0.3, -0.25) is 19.7 Å². The average Bonchev–Trinajstić information content (AvgIpc) is 3.23. The van der Waals surface area contributed by atoms with Crippen molar-refractivity contribution < 1.29 is 14.5 Å². The summed E-state index contributed by atoms with van der Waals surface area (Å²) in [6.45, 7) is 8.38. The van der Waals surface area contributed by atoms with Gasteiger partial charge >= 0.3 is 0 Å². The zero-order chi connectivity index (χ0) is 25.5. The van der Waals surface area contributed by atoms with Gasteiger partial charge in [0.1, 0.15) is 5.69 Å². The number of nitro benzene ring substituents is 1. The van der Waals surface area contributed by atoms with E-state index in [1.165, 1.54) is 30.0 Å². The molecule has 0 aliphatic heterocycles. The fourth-order valence-corrected chi connectivity index (χ4v) is 4.34. The Morgan fingerprint density at radius 2 is 1.89 bits per heavy atom. The van der Waals surface area contributed by atoms with E-state index in [0.29, 0.717) is 23.1 Å². The van der Waals surface area contributed by atoms with Crippen molar-refractivity contribution in [3.05, 3.63) is 75.6 Å². The van der Waals surface area contributed by atoms with Gasteiger partial charge in [0.05, 0.1) is 16.7 Å². The van der Waals surface area contributed by atoms with E-state index < -0.39 is 10.8 Å². The van der Waals surface area contributed by atoms with Crippen molar-refractivity contribution in [2.24, 2.45) is 5.92 Å². The fraction of sp³-hybridized carbons (Fsp3) is 0.333. The van der Waals surface area contributed by atoms with Crippen LogP contribution in [-0.4, -0.2) is 37.3 Å². The summed E-state index contributed by atoms with van der Waals surface area (Å²) in [6.07, 6.45) is 0. The third-order valence-corrected chi connectivity index (χ3v) is 6.25. The maximum atomic E-state index is 12.9. The molecule has 35 heavy (non-hydrogen) atoms. The van der Waals surface area contributed by atoms with Gasteiger partial charge in [0.2, 0.25) is 5.91 Å². The second-order valence-corrected chi connectivity index (χ2v) is 9.20. The summed E-state index contributed by atoms with van der Waals surface area (Å²) in [5.41, 5.74) is 1.53. The van der Waals surface area contributed by atoms with E-state index in [1.807, 2.05) is 50.5 Å². The van der Waals surface area contributed by atoms with Crippen molar-refractivity contribution in [2.75, 3.05) is 11.1 Å². The molecule has 1 atom stereocenters. The Labute approximate surface area is 207 Å². The molecule has 0 radical (unpaired) electrons. The molecular weight excluding hydrogens is 468 g/mol. The smallest absolute Gasteiger partial charge is 0.292 e. The van der Waals surface area contributed by atoms with Crippen LogP contribution in [0.2, 0.25) is 0 Å². The molecular formula is C24H28N6O4S. The number of rotatable bonds is 10. The van der Waals surface area contributed by atoms with Gasteiger partial charge in [0.15, 0.2) is 11.0 Å². The van der Waals surface area contributed by atoms with Gasteiger partial charge in [0, 0.05) is 18.2 Å². The predicted octanol–water partition coefficient (Wildman–Crippen LogP) is 4.37. The number of anilines is 1. The number of hydrogen-bond acceptors (Lipinski definition) is 7. The zero-order valence-corrected chi connectivity index (χ0v) is 20.8. The number of carbonyl (C=O) groups excluding carboxylic acids is 2. The Hall–Kier alpha value is -3.73. The zero-order valence-electron chi connectivity index (χ0n) is 20.0. The largest absolute Gasteiger partial charge is 0.342 e. The van der Waals surface area contributed by atoms with Gasteiger partial charge in [-0.05, 0) is 38.0 Å². The minimum atomic E-state index is -0.542. The molecule has 1 aromatic heterocycles. The van der Waals surface area contributed by atoms with Gasteiger partial charge < -0.3 is 15.2 Å².